The molecule has 0 bridgehead atoms. The van der Waals surface area contributed by atoms with Crippen molar-refractivity contribution < 1.29 is 5.11 Å². The number of hydrogen-bond donors (Lipinski definition) is 1. The molecule has 23 heavy (non-hydrogen) atoms. The Morgan fingerprint density at radius 3 is 2.78 bits per heavy atom. The lowest BCUT2D eigenvalue weighted by atomic mass is 10.2. The molecule has 5 nitrogen and oxygen atoms in total. The summed E-state index contributed by atoms with van der Waals surface area (Å²) in [6.07, 6.45) is 5.52. The van der Waals surface area contributed by atoms with Crippen molar-refractivity contribution in [1.82, 2.24) is 14.8 Å². The minimum atomic E-state index is 0.262. The molecule has 0 spiro atoms. The normalized spacial score (nSPS) is 11.7. The zero-order valence-electron chi connectivity index (χ0n) is 13.9. The number of aromatic nitrogens is 3. The van der Waals surface area contributed by atoms with Gasteiger partial charge in [0.2, 0.25) is 0 Å². The van der Waals surface area contributed by atoms with Crippen LogP contribution in [0.15, 0.2) is 34.4 Å². The zero-order chi connectivity index (χ0) is 16.7. The molecule has 0 amide bonds. The van der Waals surface area contributed by atoms with Gasteiger partial charge in [-0.1, -0.05) is 37.7 Å². The minimum Gasteiger partial charge on any atom is -0.507 e. The number of hydrogen-bond acceptors (Lipinski definition) is 5. The summed E-state index contributed by atoms with van der Waals surface area (Å²) < 4.78 is 2.21. The van der Waals surface area contributed by atoms with Crippen molar-refractivity contribution in [3.8, 4) is 5.75 Å². The monoisotopic (exact) mass is 332 g/mol. The summed E-state index contributed by atoms with van der Waals surface area (Å²) in [5, 5.41) is 19.2. The van der Waals surface area contributed by atoms with Crippen molar-refractivity contribution >= 4 is 18.0 Å². The number of aryl methyl sites for hydroxylation is 1. The topological polar surface area (TPSA) is 63.3 Å². The molecule has 2 aromatic rings. The van der Waals surface area contributed by atoms with Crippen LogP contribution in [0.25, 0.3) is 0 Å². The Morgan fingerprint density at radius 2 is 2.09 bits per heavy atom. The molecule has 0 unspecified atom stereocenters. The Balaban J connectivity index is 1.89. The molecule has 0 saturated heterocycles. The van der Waals surface area contributed by atoms with E-state index in [0.29, 0.717) is 12.5 Å². The van der Waals surface area contributed by atoms with Crippen LogP contribution in [0, 0.1) is 5.92 Å². The van der Waals surface area contributed by atoms with Crippen LogP contribution in [0.4, 0.5) is 0 Å². The van der Waals surface area contributed by atoms with Gasteiger partial charge in [0.1, 0.15) is 11.6 Å². The van der Waals surface area contributed by atoms with Crippen LogP contribution in [-0.4, -0.2) is 38.9 Å². The maximum Gasteiger partial charge on any atom is 0.190 e. The van der Waals surface area contributed by atoms with Gasteiger partial charge >= 0.3 is 0 Å². The average Bonchev–Trinajstić information content (AvgIpc) is 2.90. The Hall–Kier alpha value is -1.82. The van der Waals surface area contributed by atoms with E-state index in [1.165, 1.54) is 0 Å². The van der Waals surface area contributed by atoms with Crippen LogP contribution in [0.5, 0.6) is 5.75 Å². The van der Waals surface area contributed by atoms with Gasteiger partial charge in [-0.15, -0.1) is 10.2 Å². The van der Waals surface area contributed by atoms with Crippen molar-refractivity contribution in [2.45, 2.75) is 38.4 Å². The maximum absolute atomic E-state index is 9.68. The molecule has 0 aliphatic heterocycles. The van der Waals surface area contributed by atoms with Crippen molar-refractivity contribution in [2.75, 3.05) is 12.8 Å². The number of nitrogens with zero attached hydrogens (tertiary/aromatic N) is 4. The number of phenolic OH excluding ortho intramolecular Hbond substituents is 1. The van der Waals surface area contributed by atoms with Crippen molar-refractivity contribution in [3.05, 3.63) is 35.7 Å². The van der Waals surface area contributed by atoms with E-state index in [1.807, 2.05) is 18.4 Å². The third kappa shape index (κ3) is 5.10. The fourth-order valence-electron chi connectivity index (χ4n) is 2.29. The molecule has 2 rings (SSSR count). The standard InChI is InChI=1S/C17H24N4OS/c1-13(2)12-21-16(19-20-17(21)23-3)9-6-10-18-11-14-7-4-5-8-15(14)22/h4-5,7-8,11,13,22H,6,9-10,12H2,1-3H3. The first-order valence-electron chi connectivity index (χ1n) is 7.85. The highest BCUT2D eigenvalue weighted by atomic mass is 32.2. The van der Waals surface area contributed by atoms with E-state index >= 15 is 0 Å². The lowest BCUT2D eigenvalue weighted by molar-refractivity contribution is 0.474. The second kappa shape index (κ2) is 8.72. The molecule has 1 N–H and O–H groups in total. The first kappa shape index (κ1) is 17.5. The van der Waals surface area contributed by atoms with Crippen LogP contribution in [0.1, 0.15) is 31.7 Å². The SMILES string of the molecule is CSc1nnc(CCCN=Cc2ccccc2O)n1CC(C)C. The smallest absolute Gasteiger partial charge is 0.190 e. The predicted octanol–water partition coefficient (Wildman–Crippen LogP) is 3.41. The van der Waals surface area contributed by atoms with Gasteiger partial charge in [0.05, 0.1) is 0 Å². The predicted molar refractivity (Wildman–Crippen MR) is 95.5 cm³/mol. The minimum absolute atomic E-state index is 0.262. The Morgan fingerprint density at radius 1 is 1.30 bits per heavy atom. The summed E-state index contributed by atoms with van der Waals surface area (Å²) in [6, 6.07) is 7.21. The highest BCUT2D eigenvalue weighted by Gasteiger charge is 2.11. The van der Waals surface area contributed by atoms with E-state index in [1.54, 1.807) is 30.1 Å². The van der Waals surface area contributed by atoms with Crippen LogP contribution < -0.4 is 0 Å². The number of rotatable bonds is 8. The summed E-state index contributed by atoms with van der Waals surface area (Å²) in [6.45, 7) is 6.05. The van der Waals surface area contributed by atoms with Crippen molar-refractivity contribution in [1.29, 1.82) is 0 Å². The summed E-state index contributed by atoms with van der Waals surface area (Å²) in [5.41, 5.74) is 0.750. The first-order valence-corrected chi connectivity index (χ1v) is 9.08. The molecular weight excluding hydrogens is 308 g/mol. The summed E-state index contributed by atoms with van der Waals surface area (Å²) in [4.78, 5) is 4.39. The molecular formula is C17H24N4OS. The van der Waals surface area contributed by atoms with Crippen LogP contribution in [-0.2, 0) is 13.0 Å². The zero-order valence-corrected chi connectivity index (χ0v) is 14.8. The number of aromatic hydroxyl groups is 1. The first-order chi connectivity index (χ1) is 11.1. The molecule has 124 valence electrons. The number of para-hydroxylation sites is 1. The second-order valence-corrected chi connectivity index (χ2v) is 6.58. The number of phenols is 1. The molecule has 0 atom stereocenters. The number of thioether (sulfide) groups is 1. The molecule has 1 aromatic carbocycles. The van der Waals surface area contributed by atoms with Crippen LogP contribution in [0.3, 0.4) is 0 Å². The Labute approximate surface area is 141 Å². The van der Waals surface area contributed by atoms with Crippen LogP contribution in [0.2, 0.25) is 0 Å². The van der Waals surface area contributed by atoms with Crippen LogP contribution >= 0.6 is 11.8 Å². The summed E-state index contributed by atoms with van der Waals surface area (Å²) >= 11 is 1.63. The third-order valence-electron chi connectivity index (χ3n) is 3.38. The van der Waals surface area contributed by atoms with E-state index in [4.69, 9.17) is 0 Å². The van der Waals surface area contributed by atoms with Gasteiger partial charge in [0.15, 0.2) is 5.16 Å². The highest BCUT2D eigenvalue weighted by Crippen LogP contribution is 2.17. The second-order valence-electron chi connectivity index (χ2n) is 5.81. The number of aliphatic imine (C=N–C) groups is 1. The largest absolute Gasteiger partial charge is 0.507 e. The Bertz CT molecular complexity index is 652. The van der Waals surface area contributed by atoms with Gasteiger partial charge in [0.25, 0.3) is 0 Å². The molecule has 0 aliphatic carbocycles. The van der Waals surface area contributed by atoms with Crippen molar-refractivity contribution in [3.63, 3.8) is 0 Å². The maximum atomic E-state index is 9.68. The molecule has 6 heteroatoms. The third-order valence-corrected chi connectivity index (χ3v) is 4.05. The van der Waals surface area contributed by atoms with Gasteiger partial charge in [-0.05, 0) is 30.7 Å². The van der Waals surface area contributed by atoms with E-state index in [9.17, 15) is 5.11 Å². The molecule has 0 saturated carbocycles. The van der Waals surface area contributed by atoms with E-state index in [2.05, 4.69) is 33.6 Å². The molecule has 0 aliphatic rings. The van der Waals surface area contributed by atoms with Gasteiger partial charge in [0, 0.05) is 31.3 Å². The van der Waals surface area contributed by atoms with E-state index in [-0.39, 0.29) is 5.75 Å². The Kier molecular flexibility index (Phi) is 6.65. The lowest BCUT2D eigenvalue weighted by Crippen LogP contribution is -2.10. The van der Waals surface area contributed by atoms with Gasteiger partial charge in [-0.2, -0.15) is 0 Å². The molecule has 1 heterocycles. The van der Waals surface area contributed by atoms with Gasteiger partial charge in [-0.3, -0.25) is 4.99 Å². The fourth-order valence-corrected chi connectivity index (χ4v) is 2.81. The molecule has 1 aromatic heterocycles. The van der Waals surface area contributed by atoms with Crippen molar-refractivity contribution in [2.24, 2.45) is 10.9 Å². The highest BCUT2D eigenvalue weighted by molar-refractivity contribution is 7.98. The van der Waals surface area contributed by atoms with E-state index < -0.39 is 0 Å². The summed E-state index contributed by atoms with van der Waals surface area (Å²) in [5.74, 6) is 1.85. The lowest BCUT2D eigenvalue weighted by Gasteiger charge is -2.11. The van der Waals surface area contributed by atoms with Gasteiger partial charge < -0.3 is 9.67 Å². The van der Waals surface area contributed by atoms with Gasteiger partial charge in [-0.25, -0.2) is 0 Å². The molecule has 0 radical (unpaired) electrons. The average molecular weight is 332 g/mol. The number of benzene rings is 1. The fraction of sp³-hybridized carbons (Fsp3) is 0.471. The summed E-state index contributed by atoms with van der Waals surface area (Å²) in [7, 11) is 0. The quantitative estimate of drug-likeness (QED) is 0.457. The molecule has 0 fully saturated rings. The van der Waals surface area contributed by atoms with E-state index in [0.717, 1.165) is 35.9 Å².